The number of likely N-dealkylation sites (tertiary alicyclic amines) is 1. The molecule has 0 saturated carbocycles. The van der Waals surface area contributed by atoms with Crippen LogP contribution < -0.4 is 5.73 Å². The van der Waals surface area contributed by atoms with Crippen LogP contribution in [0.5, 0.6) is 0 Å². The van der Waals surface area contributed by atoms with Crippen molar-refractivity contribution >= 4 is 11.8 Å². The number of carbonyl (C=O) groups excluding carboxylic acids is 2. The SMILES string of the molecule is NCC#Cc1cccc(CN2C(=O)CCC2=O)c1. The highest BCUT2D eigenvalue weighted by Gasteiger charge is 2.28. The maximum atomic E-state index is 11.5. The van der Waals surface area contributed by atoms with Crippen molar-refractivity contribution in [3.8, 4) is 11.8 Å². The topological polar surface area (TPSA) is 63.4 Å². The van der Waals surface area contributed by atoms with Gasteiger partial charge in [0.05, 0.1) is 13.1 Å². The zero-order valence-corrected chi connectivity index (χ0v) is 9.98. The lowest BCUT2D eigenvalue weighted by molar-refractivity contribution is -0.139. The van der Waals surface area contributed by atoms with E-state index in [9.17, 15) is 9.59 Å². The molecule has 0 aromatic heterocycles. The van der Waals surface area contributed by atoms with Gasteiger partial charge in [0.1, 0.15) is 0 Å². The molecule has 1 aliphatic heterocycles. The third kappa shape index (κ3) is 2.76. The van der Waals surface area contributed by atoms with Gasteiger partial charge >= 0.3 is 0 Å². The first-order chi connectivity index (χ1) is 8.70. The van der Waals surface area contributed by atoms with E-state index in [2.05, 4.69) is 11.8 Å². The molecule has 4 nitrogen and oxygen atoms in total. The molecule has 0 spiro atoms. The highest BCUT2D eigenvalue weighted by atomic mass is 16.2. The van der Waals surface area contributed by atoms with E-state index >= 15 is 0 Å². The highest BCUT2D eigenvalue weighted by Crippen LogP contribution is 2.16. The molecule has 1 fully saturated rings. The molecule has 1 saturated heterocycles. The normalized spacial score (nSPS) is 14.6. The highest BCUT2D eigenvalue weighted by molar-refractivity contribution is 6.01. The molecule has 2 rings (SSSR count). The number of nitrogens with two attached hydrogens (primary N) is 1. The average molecular weight is 242 g/mol. The predicted molar refractivity (Wildman–Crippen MR) is 67.2 cm³/mol. The maximum absolute atomic E-state index is 11.5. The average Bonchev–Trinajstić information content (AvgIpc) is 2.69. The van der Waals surface area contributed by atoms with Crippen molar-refractivity contribution in [3.05, 3.63) is 35.4 Å². The second-order valence-electron chi connectivity index (χ2n) is 4.08. The summed E-state index contributed by atoms with van der Waals surface area (Å²) in [5.41, 5.74) is 7.06. The van der Waals surface area contributed by atoms with E-state index in [0.717, 1.165) is 11.1 Å². The van der Waals surface area contributed by atoms with E-state index in [1.165, 1.54) is 4.90 Å². The fourth-order valence-corrected chi connectivity index (χ4v) is 1.88. The zero-order valence-electron chi connectivity index (χ0n) is 9.98. The van der Waals surface area contributed by atoms with Crippen molar-refractivity contribution < 1.29 is 9.59 Å². The lowest BCUT2D eigenvalue weighted by Gasteiger charge is -2.13. The molecule has 0 atom stereocenters. The van der Waals surface area contributed by atoms with Crippen LogP contribution in [0.2, 0.25) is 0 Å². The number of benzene rings is 1. The Morgan fingerprint density at radius 3 is 2.61 bits per heavy atom. The molecule has 4 heteroatoms. The van der Waals surface area contributed by atoms with Crippen molar-refractivity contribution in [3.63, 3.8) is 0 Å². The molecule has 92 valence electrons. The zero-order chi connectivity index (χ0) is 13.0. The first-order valence-corrected chi connectivity index (χ1v) is 5.82. The van der Waals surface area contributed by atoms with Crippen LogP contribution in [0.1, 0.15) is 24.0 Å². The number of hydrogen-bond acceptors (Lipinski definition) is 3. The molecule has 1 aromatic rings. The summed E-state index contributed by atoms with van der Waals surface area (Å²) in [7, 11) is 0. The summed E-state index contributed by atoms with van der Waals surface area (Å²) in [6, 6.07) is 7.49. The lowest BCUT2D eigenvalue weighted by atomic mass is 10.1. The Bertz CT molecular complexity index is 524. The standard InChI is InChI=1S/C14H14N2O2/c15-8-2-5-11-3-1-4-12(9-11)10-16-13(17)6-7-14(16)18/h1,3-4,9H,6-8,10,15H2. The van der Waals surface area contributed by atoms with Crippen LogP contribution in [-0.2, 0) is 16.1 Å². The molecule has 2 amide bonds. The van der Waals surface area contributed by atoms with Crippen LogP contribution in [0.15, 0.2) is 24.3 Å². The number of rotatable bonds is 2. The van der Waals surface area contributed by atoms with Gasteiger partial charge in [0.2, 0.25) is 11.8 Å². The predicted octanol–water partition coefficient (Wildman–Crippen LogP) is 0.646. The number of hydrogen-bond donors (Lipinski definition) is 1. The fourth-order valence-electron chi connectivity index (χ4n) is 1.88. The number of carbonyl (C=O) groups is 2. The van der Waals surface area contributed by atoms with E-state index in [1.807, 2.05) is 24.3 Å². The largest absolute Gasteiger partial charge is 0.320 e. The number of nitrogens with zero attached hydrogens (tertiary/aromatic N) is 1. The second-order valence-corrected chi connectivity index (χ2v) is 4.08. The maximum Gasteiger partial charge on any atom is 0.229 e. The Balaban J connectivity index is 2.14. The van der Waals surface area contributed by atoms with Crippen LogP contribution in [-0.4, -0.2) is 23.3 Å². The molecule has 2 N–H and O–H groups in total. The third-order valence-corrected chi connectivity index (χ3v) is 2.76. The van der Waals surface area contributed by atoms with Gasteiger partial charge in [-0.05, 0) is 17.7 Å². The van der Waals surface area contributed by atoms with E-state index in [1.54, 1.807) is 0 Å². The third-order valence-electron chi connectivity index (χ3n) is 2.76. The van der Waals surface area contributed by atoms with Crippen LogP contribution in [0.4, 0.5) is 0 Å². The van der Waals surface area contributed by atoms with Crippen LogP contribution in [0.25, 0.3) is 0 Å². The molecule has 0 radical (unpaired) electrons. The fraction of sp³-hybridized carbons (Fsp3) is 0.286. The van der Waals surface area contributed by atoms with E-state index in [4.69, 9.17) is 5.73 Å². The van der Waals surface area contributed by atoms with Gasteiger partial charge in [0, 0.05) is 18.4 Å². The molecular weight excluding hydrogens is 228 g/mol. The Kier molecular flexibility index (Phi) is 3.75. The summed E-state index contributed by atoms with van der Waals surface area (Å²) >= 11 is 0. The first-order valence-electron chi connectivity index (χ1n) is 5.82. The first kappa shape index (κ1) is 12.3. The van der Waals surface area contributed by atoms with Crippen molar-refractivity contribution in [1.82, 2.24) is 4.90 Å². The molecule has 0 bridgehead atoms. The Labute approximate surface area is 106 Å². The minimum atomic E-state index is -0.0987. The minimum absolute atomic E-state index is 0.0987. The van der Waals surface area contributed by atoms with Crippen LogP contribution in [0, 0.1) is 11.8 Å². The van der Waals surface area contributed by atoms with Gasteiger partial charge < -0.3 is 5.73 Å². The Hall–Kier alpha value is -2.12. The monoisotopic (exact) mass is 242 g/mol. The van der Waals surface area contributed by atoms with Gasteiger partial charge in [-0.1, -0.05) is 24.0 Å². The van der Waals surface area contributed by atoms with Gasteiger partial charge in [-0.2, -0.15) is 0 Å². The van der Waals surface area contributed by atoms with Crippen molar-refractivity contribution in [1.29, 1.82) is 0 Å². The summed E-state index contributed by atoms with van der Waals surface area (Å²) in [5, 5.41) is 0. The smallest absolute Gasteiger partial charge is 0.229 e. The van der Waals surface area contributed by atoms with Crippen molar-refractivity contribution in [2.24, 2.45) is 5.73 Å². The van der Waals surface area contributed by atoms with Gasteiger partial charge in [-0.3, -0.25) is 14.5 Å². The Morgan fingerprint density at radius 1 is 1.22 bits per heavy atom. The minimum Gasteiger partial charge on any atom is -0.320 e. The van der Waals surface area contributed by atoms with Gasteiger partial charge in [-0.15, -0.1) is 0 Å². The van der Waals surface area contributed by atoms with Crippen LogP contribution in [0.3, 0.4) is 0 Å². The molecule has 18 heavy (non-hydrogen) atoms. The molecule has 0 aliphatic carbocycles. The van der Waals surface area contributed by atoms with Crippen LogP contribution >= 0.6 is 0 Å². The quantitative estimate of drug-likeness (QED) is 0.611. The van der Waals surface area contributed by atoms with Gasteiger partial charge in [-0.25, -0.2) is 0 Å². The van der Waals surface area contributed by atoms with Crippen molar-refractivity contribution in [2.75, 3.05) is 6.54 Å². The Morgan fingerprint density at radius 2 is 1.94 bits per heavy atom. The van der Waals surface area contributed by atoms with E-state index in [-0.39, 0.29) is 11.8 Å². The van der Waals surface area contributed by atoms with Gasteiger partial charge in [0.25, 0.3) is 0 Å². The summed E-state index contributed by atoms with van der Waals surface area (Å²) in [5.74, 6) is 5.50. The summed E-state index contributed by atoms with van der Waals surface area (Å²) in [4.78, 5) is 24.3. The van der Waals surface area contributed by atoms with E-state index < -0.39 is 0 Å². The van der Waals surface area contributed by atoms with Crippen molar-refractivity contribution in [2.45, 2.75) is 19.4 Å². The van der Waals surface area contributed by atoms with E-state index in [0.29, 0.717) is 25.9 Å². The summed E-state index contributed by atoms with van der Waals surface area (Å²) in [6.07, 6.45) is 0.650. The number of imide groups is 1. The lowest BCUT2D eigenvalue weighted by Crippen LogP contribution is -2.28. The summed E-state index contributed by atoms with van der Waals surface area (Å²) < 4.78 is 0. The molecule has 1 heterocycles. The molecular formula is C14H14N2O2. The molecule has 1 aromatic carbocycles. The molecule has 1 aliphatic rings. The number of amides is 2. The molecule has 0 unspecified atom stereocenters. The summed E-state index contributed by atoms with van der Waals surface area (Å²) in [6.45, 7) is 0.642. The van der Waals surface area contributed by atoms with Gasteiger partial charge in [0.15, 0.2) is 0 Å². The second kappa shape index (κ2) is 5.48.